The second-order valence-corrected chi connectivity index (χ2v) is 6.78. The van der Waals surface area contributed by atoms with Crippen LogP contribution in [0.15, 0.2) is 65.8 Å². The van der Waals surface area contributed by atoms with Crippen LogP contribution in [0.2, 0.25) is 0 Å². The van der Waals surface area contributed by atoms with E-state index in [9.17, 15) is 9.59 Å². The summed E-state index contributed by atoms with van der Waals surface area (Å²) in [6.45, 7) is 0. The molecule has 8 heteroatoms. The molecule has 27 heavy (non-hydrogen) atoms. The summed E-state index contributed by atoms with van der Waals surface area (Å²) in [5.41, 5.74) is 1.71. The third-order valence-electron chi connectivity index (χ3n) is 3.89. The van der Waals surface area contributed by atoms with Crippen LogP contribution in [0.1, 0.15) is 10.8 Å². The zero-order valence-corrected chi connectivity index (χ0v) is 15.7. The summed E-state index contributed by atoms with van der Waals surface area (Å²) in [4.78, 5) is 24.2. The summed E-state index contributed by atoms with van der Waals surface area (Å²) < 4.78 is 1.84. The lowest BCUT2D eigenvalue weighted by molar-refractivity contribution is -0.119. The standard InChI is InChI=1S/C19H19N5O2S/c1-20-18(26)21-17(25)15(13-9-5-3-6-10-13)27-19-23-22-16(24(19)2)14-11-7-4-8-12-14/h3-12,15H,1-2H3,(H2,20,21,25,26)/t15-/m1/s1. The molecule has 1 atom stereocenters. The molecule has 0 spiro atoms. The molecule has 7 nitrogen and oxygen atoms in total. The molecule has 3 aromatic rings. The lowest BCUT2D eigenvalue weighted by atomic mass is 10.1. The minimum Gasteiger partial charge on any atom is -0.341 e. The van der Waals surface area contributed by atoms with Crippen molar-refractivity contribution in [1.29, 1.82) is 0 Å². The first-order chi connectivity index (χ1) is 13.1. The van der Waals surface area contributed by atoms with E-state index in [2.05, 4.69) is 20.8 Å². The molecule has 0 radical (unpaired) electrons. The number of thioether (sulfide) groups is 1. The van der Waals surface area contributed by atoms with Gasteiger partial charge in [-0.1, -0.05) is 72.4 Å². The predicted octanol–water partition coefficient (Wildman–Crippen LogP) is 2.77. The number of aromatic nitrogens is 3. The number of nitrogens with zero attached hydrogens (tertiary/aromatic N) is 3. The zero-order chi connectivity index (χ0) is 19.2. The van der Waals surface area contributed by atoms with Gasteiger partial charge in [0.1, 0.15) is 5.25 Å². The summed E-state index contributed by atoms with van der Waals surface area (Å²) in [5, 5.41) is 13.1. The Morgan fingerprint density at radius 2 is 1.63 bits per heavy atom. The summed E-state index contributed by atoms with van der Waals surface area (Å²) in [7, 11) is 3.31. The average Bonchev–Trinajstić information content (AvgIpc) is 3.07. The third-order valence-corrected chi connectivity index (χ3v) is 5.18. The molecule has 0 aliphatic rings. The summed E-state index contributed by atoms with van der Waals surface area (Å²) in [5.74, 6) is 0.284. The molecule has 0 aliphatic carbocycles. The molecule has 0 aliphatic heterocycles. The molecule has 1 heterocycles. The number of rotatable bonds is 5. The molecule has 3 amide bonds. The van der Waals surface area contributed by atoms with Crippen LogP contribution in [-0.2, 0) is 11.8 Å². The van der Waals surface area contributed by atoms with E-state index < -0.39 is 17.2 Å². The highest BCUT2D eigenvalue weighted by molar-refractivity contribution is 8.00. The van der Waals surface area contributed by atoms with Gasteiger partial charge in [0.2, 0.25) is 5.91 Å². The van der Waals surface area contributed by atoms with E-state index in [1.54, 1.807) is 0 Å². The molecular weight excluding hydrogens is 362 g/mol. The van der Waals surface area contributed by atoms with Crippen molar-refractivity contribution >= 4 is 23.7 Å². The second-order valence-electron chi connectivity index (χ2n) is 5.71. The molecule has 0 saturated heterocycles. The van der Waals surface area contributed by atoms with Crippen molar-refractivity contribution in [3.63, 3.8) is 0 Å². The molecule has 1 aromatic heterocycles. The van der Waals surface area contributed by atoms with Gasteiger partial charge in [-0.3, -0.25) is 10.1 Å². The molecule has 138 valence electrons. The Balaban J connectivity index is 1.90. The summed E-state index contributed by atoms with van der Waals surface area (Å²) in [6, 6.07) is 18.4. The van der Waals surface area contributed by atoms with Crippen LogP contribution in [0, 0.1) is 0 Å². The summed E-state index contributed by atoms with van der Waals surface area (Å²) >= 11 is 1.24. The van der Waals surface area contributed by atoms with Crippen molar-refractivity contribution in [2.75, 3.05) is 7.05 Å². The average molecular weight is 381 g/mol. The molecule has 0 fully saturated rings. The van der Waals surface area contributed by atoms with E-state index in [1.165, 1.54) is 18.8 Å². The van der Waals surface area contributed by atoms with E-state index in [1.807, 2.05) is 72.3 Å². The molecule has 0 bridgehead atoms. The van der Waals surface area contributed by atoms with Crippen LogP contribution in [-0.4, -0.2) is 33.8 Å². The minimum atomic E-state index is -0.643. The Morgan fingerprint density at radius 3 is 2.26 bits per heavy atom. The lowest BCUT2D eigenvalue weighted by Crippen LogP contribution is -2.39. The zero-order valence-electron chi connectivity index (χ0n) is 14.9. The van der Waals surface area contributed by atoms with Crippen molar-refractivity contribution in [3.8, 4) is 11.4 Å². The Morgan fingerprint density at radius 1 is 1.00 bits per heavy atom. The van der Waals surface area contributed by atoms with Gasteiger partial charge < -0.3 is 9.88 Å². The van der Waals surface area contributed by atoms with E-state index in [0.717, 1.165) is 11.1 Å². The van der Waals surface area contributed by atoms with Gasteiger partial charge in [0, 0.05) is 19.7 Å². The molecule has 2 N–H and O–H groups in total. The Labute approximate surface area is 161 Å². The predicted molar refractivity (Wildman–Crippen MR) is 104 cm³/mol. The van der Waals surface area contributed by atoms with Crippen LogP contribution in [0.25, 0.3) is 11.4 Å². The van der Waals surface area contributed by atoms with Crippen molar-refractivity contribution < 1.29 is 9.59 Å². The number of hydrogen-bond acceptors (Lipinski definition) is 5. The van der Waals surface area contributed by atoms with Gasteiger partial charge in [-0.15, -0.1) is 10.2 Å². The normalized spacial score (nSPS) is 11.6. The number of carbonyl (C=O) groups is 2. The third kappa shape index (κ3) is 4.35. The maximum atomic E-state index is 12.7. The highest BCUT2D eigenvalue weighted by atomic mass is 32.2. The van der Waals surface area contributed by atoms with Crippen molar-refractivity contribution in [2.45, 2.75) is 10.4 Å². The fraction of sp³-hybridized carbons (Fsp3) is 0.158. The van der Waals surface area contributed by atoms with E-state index >= 15 is 0 Å². The molecular formula is C19H19N5O2S. The van der Waals surface area contributed by atoms with Crippen LogP contribution in [0.4, 0.5) is 4.79 Å². The smallest absolute Gasteiger partial charge is 0.321 e. The summed E-state index contributed by atoms with van der Waals surface area (Å²) in [6.07, 6.45) is 0. The van der Waals surface area contributed by atoms with Gasteiger partial charge in [-0.05, 0) is 5.56 Å². The fourth-order valence-electron chi connectivity index (χ4n) is 2.50. The quantitative estimate of drug-likeness (QED) is 0.664. The van der Waals surface area contributed by atoms with Gasteiger partial charge >= 0.3 is 6.03 Å². The van der Waals surface area contributed by atoms with E-state index in [4.69, 9.17) is 0 Å². The highest BCUT2D eigenvalue weighted by Gasteiger charge is 2.26. The highest BCUT2D eigenvalue weighted by Crippen LogP contribution is 2.35. The van der Waals surface area contributed by atoms with Gasteiger partial charge in [-0.2, -0.15) is 0 Å². The molecule has 0 saturated carbocycles. The number of nitrogens with one attached hydrogen (secondary N) is 2. The SMILES string of the molecule is CNC(=O)NC(=O)[C@H](Sc1nnc(-c2ccccc2)n1C)c1ccccc1. The van der Waals surface area contributed by atoms with Crippen molar-refractivity contribution in [1.82, 2.24) is 25.4 Å². The lowest BCUT2D eigenvalue weighted by Gasteiger charge is -2.15. The van der Waals surface area contributed by atoms with Gasteiger partial charge in [0.05, 0.1) is 0 Å². The number of amides is 3. The first kappa shape index (κ1) is 18.7. The maximum Gasteiger partial charge on any atom is 0.321 e. The second kappa shape index (κ2) is 8.50. The number of urea groups is 1. The Kier molecular flexibility index (Phi) is 5.87. The van der Waals surface area contributed by atoms with Gasteiger partial charge in [0.25, 0.3) is 0 Å². The van der Waals surface area contributed by atoms with Gasteiger partial charge in [0.15, 0.2) is 11.0 Å². The van der Waals surface area contributed by atoms with E-state index in [0.29, 0.717) is 11.0 Å². The first-order valence-electron chi connectivity index (χ1n) is 8.29. The largest absolute Gasteiger partial charge is 0.341 e. The van der Waals surface area contributed by atoms with Crippen molar-refractivity contribution in [2.24, 2.45) is 7.05 Å². The number of hydrogen-bond donors (Lipinski definition) is 2. The van der Waals surface area contributed by atoms with Crippen LogP contribution in [0.3, 0.4) is 0 Å². The minimum absolute atomic E-state index is 0.421. The molecule has 0 unspecified atom stereocenters. The number of carbonyl (C=O) groups excluding carboxylic acids is 2. The van der Waals surface area contributed by atoms with Crippen LogP contribution >= 0.6 is 11.8 Å². The molecule has 3 rings (SSSR count). The van der Waals surface area contributed by atoms with Crippen LogP contribution < -0.4 is 10.6 Å². The van der Waals surface area contributed by atoms with E-state index in [-0.39, 0.29) is 0 Å². The van der Waals surface area contributed by atoms with Crippen LogP contribution in [0.5, 0.6) is 0 Å². The number of benzene rings is 2. The molecule has 2 aromatic carbocycles. The Hall–Kier alpha value is -3.13. The maximum absolute atomic E-state index is 12.7. The van der Waals surface area contributed by atoms with Crippen molar-refractivity contribution in [3.05, 3.63) is 66.2 Å². The topological polar surface area (TPSA) is 88.9 Å². The Bertz CT molecular complexity index is 928. The monoisotopic (exact) mass is 381 g/mol. The number of imide groups is 1. The van der Waals surface area contributed by atoms with Gasteiger partial charge in [-0.25, -0.2) is 4.79 Å². The fourth-order valence-corrected chi connectivity index (χ4v) is 3.50. The first-order valence-corrected chi connectivity index (χ1v) is 9.17.